The number of ether oxygens (including phenoxy) is 3. The third-order valence-corrected chi connectivity index (χ3v) is 3.42. The molecule has 4 heteroatoms. The van der Waals surface area contributed by atoms with Crippen molar-refractivity contribution in [3.63, 3.8) is 0 Å². The summed E-state index contributed by atoms with van der Waals surface area (Å²) in [6.07, 6.45) is 1.73. The average Bonchev–Trinajstić information content (AvgIpc) is 2.72. The van der Waals surface area contributed by atoms with Crippen molar-refractivity contribution in [1.82, 2.24) is 0 Å². The number of epoxide rings is 1. The van der Waals surface area contributed by atoms with E-state index in [1.54, 1.807) is 0 Å². The smallest absolute Gasteiger partial charge is 0.341 e. The molecule has 2 fully saturated rings. The van der Waals surface area contributed by atoms with Crippen LogP contribution in [0.15, 0.2) is 0 Å². The number of rotatable bonds is 2. The maximum Gasteiger partial charge on any atom is 0.341 e. The summed E-state index contributed by atoms with van der Waals surface area (Å²) < 4.78 is 16.1. The molecule has 2 saturated heterocycles. The van der Waals surface area contributed by atoms with Crippen molar-refractivity contribution in [1.29, 1.82) is 0 Å². The van der Waals surface area contributed by atoms with E-state index in [0.717, 1.165) is 12.8 Å². The fourth-order valence-electron chi connectivity index (χ4n) is 2.44. The van der Waals surface area contributed by atoms with E-state index >= 15 is 0 Å². The number of hydrogen-bond donors (Lipinski definition) is 0. The highest BCUT2D eigenvalue weighted by molar-refractivity contribution is 5.84. The molecule has 4 nitrogen and oxygen atoms in total. The van der Waals surface area contributed by atoms with Gasteiger partial charge in [-0.25, -0.2) is 4.79 Å². The standard InChI is InChI=1S/C11H18O4/c1-4-13-9(12)10(3)11(15-10)5-6-14-8(2)7-11/h8H,4-7H2,1-3H3/t8-,10-,11+/m0/s1. The fourth-order valence-corrected chi connectivity index (χ4v) is 2.44. The predicted octanol–water partition coefficient (Wildman–Crippen LogP) is 1.28. The van der Waals surface area contributed by atoms with Crippen LogP contribution in [0.2, 0.25) is 0 Å². The third-order valence-electron chi connectivity index (χ3n) is 3.42. The van der Waals surface area contributed by atoms with Crippen LogP contribution in [0.1, 0.15) is 33.6 Å². The van der Waals surface area contributed by atoms with E-state index in [9.17, 15) is 4.79 Å². The van der Waals surface area contributed by atoms with Gasteiger partial charge >= 0.3 is 5.97 Å². The van der Waals surface area contributed by atoms with Crippen LogP contribution in [-0.2, 0) is 19.0 Å². The maximum atomic E-state index is 11.7. The minimum absolute atomic E-state index is 0.162. The summed E-state index contributed by atoms with van der Waals surface area (Å²) in [4.78, 5) is 11.7. The second-order valence-corrected chi connectivity index (χ2v) is 4.49. The molecule has 2 aliphatic rings. The lowest BCUT2D eigenvalue weighted by atomic mass is 9.85. The Labute approximate surface area is 89.9 Å². The molecule has 0 saturated carbocycles. The van der Waals surface area contributed by atoms with E-state index in [4.69, 9.17) is 14.2 Å². The lowest BCUT2D eigenvalue weighted by Crippen LogP contribution is -2.39. The summed E-state index contributed by atoms with van der Waals surface area (Å²) in [7, 11) is 0. The molecule has 2 heterocycles. The zero-order valence-corrected chi connectivity index (χ0v) is 9.54. The molecule has 15 heavy (non-hydrogen) atoms. The number of esters is 1. The zero-order chi connectivity index (χ0) is 11.1. The normalized spacial score (nSPS) is 44.1. The van der Waals surface area contributed by atoms with Crippen molar-refractivity contribution < 1.29 is 19.0 Å². The molecule has 0 unspecified atom stereocenters. The molecule has 2 rings (SSSR count). The SMILES string of the molecule is CCOC(=O)[C@]1(C)O[C@@]12CCO[C@@H](C)C2. The largest absolute Gasteiger partial charge is 0.464 e. The van der Waals surface area contributed by atoms with Crippen molar-refractivity contribution in [3.05, 3.63) is 0 Å². The molecule has 0 bridgehead atoms. The van der Waals surface area contributed by atoms with E-state index in [-0.39, 0.29) is 17.7 Å². The molecular formula is C11H18O4. The lowest BCUT2D eigenvalue weighted by molar-refractivity contribution is -0.149. The molecule has 2 aliphatic heterocycles. The van der Waals surface area contributed by atoms with Crippen LogP contribution in [0.3, 0.4) is 0 Å². The summed E-state index contributed by atoms with van der Waals surface area (Å²) in [5.74, 6) is -0.237. The Balaban J connectivity index is 2.05. The van der Waals surface area contributed by atoms with Crippen LogP contribution >= 0.6 is 0 Å². The van der Waals surface area contributed by atoms with Crippen molar-refractivity contribution >= 4 is 5.97 Å². The highest BCUT2D eigenvalue weighted by atomic mass is 16.7. The van der Waals surface area contributed by atoms with Gasteiger partial charge in [0.25, 0.3) is 0 Å². The molecule has 0 aromatic rings. The van der Waals surface area contributed by atoms with Crippen LogP contribution in [0, 0.1) is 0 Å². The highest BCUT2D eigenvalue weighted by Gasteiger charge is 2.73. The zero-order valence-electron chi connectivity index (χ0n) is 9.54. The van der Waals surface area contributed by atoms with E-state index in [1.165, 1.54) is 0 Å². The molecule has 86 valence electrons. The number of carbonyl (C=O) groups excluding carboxylic acids is 1. The summed E-state index contributed by atoms with van der Waals surface area (Å²) >= 11 is 0. The molecule has 0 amide bonds. The van der Waals surface area contributed by atoms with Gasteiger partial charge in [-0.05, 0) is 20.8 Å². The Bertz CT molecular complexity index is 278. The Morgan fingerprint density at radius 3 is 2.93 bits per heavy atom. The van der Waals surface area contributed by atoms with Gasteiger partial charge in [-0.2, -0.15) is 0 Å². The van der Waals surface area contributed by atoms with Gasteiger partial charge in [0.05, 0.1) is 12.7 Å². The van der Waals surface area contributed by atoms with Crippen molar-refractivity contribution in [2.75, 3.05) is 13.2 Å². The lowest BCUT2D eigenvalue weighted by Gasteiger charge is -2.26. The summed E-state index contributed by atoms with van der Waals surface area (Å²) in [5.41, 5.74) is -1.06. The van der Waals surface area contributed by atoms with Gasteiger partial charge in [-0.1, -0.05) is 0 Å². The van der Waals surface area contributed by atoms with E-state index in [1.807, 2.05) is 20.8 Å². The van der Waals surface area contributed by atoms with Gasteiger partial charge in [-0.15, -0.1) is 0 Å². The average molecular weight is 214 g/mol. The second kappa shape index (κ2) is 3.46. The minimum atomic E-state index is -0.735. The Kier molecular flexibility index (Phi) is 2.51. The van der Waals surface area contributed by atoms with Gasteiger partial charge in [0.1, 0.15) is 5.60 Å². The summed E-state index contributed by atoms with van der Waals surface area (Å²) in [6, 6.07) is 0. The molecule has 0 aromatic heterocycles. The molecule has 0 aliphatic carbocycles. The maximum absolute atomic E-state index is 11.7. The molecule has 3 atom stereocenters. The second-order valence-electron chi connectivity index (χ2n) is 4.49. The summed E-state index contributed by atoms with van der Waals surface area (Å²) in [6.45, 7) is 6.70. The van der Waals surface area contributed by atoms with Gasteiger partial charge in [0.2, 0.25) is 0 Å². The first kappa shape index (κ1) is 10.9. The molecule has 0 radical (unpaired) electrons. The first-order chi connectivity index (χ1) is 7.04. The minimum Gasteiger partial charge on any atom is -0.464 e. The topological polar surface area (TPSA) is 48.1 Å². The van der Waals surface area contributed by atoms with Crippen LogP contribution in [0.5, 0.6) is 0 Å². The van der Waals surface area contributed by atoms with Crippen molar-refractivity contribution in [2.45, 2.75) is 50.9 Å². The van der Waals surface area contributed by atoms with E-state index in [2.05, 4.69) is 0 Å². The fraction of sp³-hybridized carbons (Fsp3) is 0.909. The van der Waals surface area contributed by atoms with E-state index in [0.29, 0.717) is 13.2 Å². The molecule has 0 N–H and O–H groups in total. The van der Waals surface area contributed by atoms with Gasteiger partial charge in [0.15, 0.2) is 5.60 Å². The van der Waals surface area contributed by atoms with Crippen LogP contribution in [-0.4, -0.2) is 36.5 Å². The molecule has 1 spiro atoms. The van der Waals surface area contributed by atoms with Crippen molar-refractivity contribution in [3.8, 4) is 0 Å². The van der Waals surface area contributed by atoms with Crippen LogP contribution in [0.4, 0.5) is 0 Å². The molecule has 0 aromatic carbocycles. The first-order valence-electron chi connectivity index (χ1n) is 5.53. The van der Waals surface area contributed by atoms with Crippen LogP contribution < -0.4 is 0 Å². The number of hydrogen-bond acceptors (Lipinski definition) is 4. The van der Waals surface area contributed by atoms with Gasteiger partial charge in [-0.3, -0.25) is 0 Å². The summed E-state index contributed by atoms with van der Waals surface area (Å²) in [5, 5.41) is 0. The quantitative estimate of drug-likeness (QED) is 0.513. The van der Waals surface area contributed by atoms with Gasteiger partial charge < -0.3 is 14.2 Å². The first-order valence-corrected chi connectivity index (χ1v) is 5.53. The number of carbonyl (C=O) groups is 1. The van der Waals surface area contributed by atoms with Gasteiger partial charge in [0, 0.05) is 19.4 Å². The Hall–Kier alpha value is -0.610. The van der Waals surface area contributed by atoms with Crippen molar-refractivity contribution in [2.24, 2.45) is 0 Å². The van der Waals surface area contributed by atoms with Crippen LogP contribution in [0.25, 0.3) is 0 Å². The predicted molar refractivity (Wildman–Crippen MR) is 53.5 cm³/mol. The monoisotopic (exact) mass is 214 g/mol. The third kappa shape index (κ3) is 1.56. The van der Waals surface area contributed by atoms with E-state index < -0.39 is 5.60 Å². The molecular weight excluding hydrogens is 196 g/mol. The Morgan fingerprint density at radius 1 is 1.60 bits per heavy atom. The Morgan fingerprint density at radius 2 is 2.33 bits per heavy atom. The highest BCUT2D eigenvalue weighted by Crippen LogP contribution is 2.55.